The molecule has 2 amide bonds. The predicted molar refractivity (Wildman–Crippen MR) is 177 cm³/mol. The summed E-state index contributed by atoms with van der Waals surface area (Å²) in [6, 6.07) is 18.1. The number of alkyl carbamates (subject to hydrolysis) is 1. The van der Waals surface area contributed by atoms with Crippen molar-refractivity contribution in [3.63, 3.8) is 0 Å². The molecule has 48 heavy (non-hydrogen) atoms. The molecule has 0 bridgehead atoms. The first-order valence-electron chi connectivity index (χ1n) is 15.4. The molecule has 1 N–H and O–H groups in total. The third kappa shape index (κ3) is 6.81. The Morgan fingerprint density at radius 3 is 2.48 bits per heavy atom. The van der Waals surface area contributed by atoms with Gasteiger partial charge in [-0.3, -0.25) is 24.8 Å². The molecule has 246 valence electrons. The maximum atomic E-state index is 13.8. The van der Waals surface area contributed by atoms with Crippen LogP contribution in [-0.4, -0.2) is 55.4 Å². The molecule has 4 heterocycles. The van der Waals surface area contributed by atoms with E-state index >= 15 is 0 Å². The number of nitrogens with zero attached hydrogens (tertiary/aromatic N) is 4. The van der Waals surface area contributed by atoms with Gasteiger partial charge in [0.15, 0.2) is 0 Å². The molecule has 0 aliphatic carbocycles. The van der Waals surface area contributed by atoms with Crippen LogP contribution >= 0.6 is 11.3 Å². The number of carbonyl (C=O) groups is 3. The Labute approximate surface area is 280 Å². The van der Waals surface area contributed by atoms with Crippen LogP contribution in [0.1, 0.15) is 66.9 Å². The van der Waals surface area contributed by atoms with Gasteiger partial charge in [-0.15, -0.1) is 11.3 Å². The highest BCUT2D eigenvalue weighted by atomic mass is 32.1. The fraction of sp³-hybridized carbons (Fsp3) is 0.286. The quantitative estimate of drug-likeness (QED) is 0.0983. The lowest BCUT2D eigenvalue weighted by Crippen LogP contribution is -2.71. The number of fused-ring (bicyclic) bond motifs is 1. The van der Waals surface area contributed by atoms with Crippen LogP contribution in [0.4, 0.5) is 10.5 Å². The third-order valence-corrected chi connectivity index (χ3v) is 8.96. The number of β-lactam (4-membered cyclic amide) rings is 1. The van der Waals surface area contributed by atoms with Crippen LogP contribution in [0.2, 0.25) is 0 Å². The van der Waals surface area contributed by atoms with Gasteiger partial charge in [-0.05, 0) is 68.5 Å². The second-order valence-corrected chi connectivity index (χ2v) is 13.4. The number of aromatic nitrogens is 2. The number of nitrogens with one attached hydrogen (secondary N) is 1. The zero-order valence-electron chi connectivity index (χ0n) is 26.5. The van der Waals surface area contributed by atoms with Gasteiger partial charge in [0.2, 0.25) is 0 Å². The molecule has 1 saturated heterocycles. The summed E-state index contributed by atoms with van der Waals surface area (Å²) in [5.74, 6) is -1.40. The summed E-state index contributed by atoms with van der Waals surface area (Å²) in [7, 11) is 0. The Kier molecular flexibility index (Phi) is 9.05. The maximum absolute atomic E-state index is 13.8. The normalized spacial score (nSPS) is 18.0. The molecule has 2 aromatic carbocycles. The van der Waals surface area contributed by atoms with Crippen molar-refractivity contribution >= 4 is 40.6 Å². The molecule has 4 aromatic rings. The lowest BCUT2D eigenvalue weighted by atomic mass is 9.83. The first-order valence-corrected chi connectivity index (χ1v) is 16.2. The largest absolute Gasteiger partial charge is 0.456 e. The molecule has 2 aliphatic heterocycles. The van der Waals surface area contributed by atoms with E-state index in [1.807, 2.05) is 47.8 Å². The minimum absolute atomic E-state index is 0.0647. The van der Waals surface area contributed by atoms with Gasteiger partial charge < -0.3 is 14.8 Å². The monoisotopic (exact) mass is 667 g/mol. The maximum Gasteiger partial charge on any atom is 0.408 e. The van der Waals surface area contributed by atoms with Crippen LogP contribution in [0.5, 0.6) is 0 Å². The molecule has 0 saturated carbocycles. The first kappa shape index (κ1) is 32.5. The number of carbonyl (C=O) groups excluding carboxylic acids is 3. The van der Waals surface area contributed by atoms with Crippen LogP contribution in [-0.2, 0) is 25.7 Å². The van der Waals surface area contributed by atoms with Gasteiger partial charge in [0.1, 0.15) is 29.0 Å². The number of esters is 1. The molecule has 0 spiro atoms. The number of non-ortho nitro benzene ring substituents is 1. The number of amides is 2. The number of nitro benzene ring substituents is 1. The Hall–Kier alpha value is -5.43. The number of nitro groups is 1. The zero-order valence-corrected chi connectivity index (χ0v) is 27.3. The van der Waals surface area contributed by atoms with E-state index < -0.39 is 40.6 Å². The molecule has 1 fully saturated rings. The summed E-state index contributed by atoms with van der Waals surface area (Å²) < 4.78 is 11.1. The average Bonchev–Trinajstić information content (AvgIpc) is 3.55. The van der Waals surface area contributed by atoms with Crippen LogP contribution in [0.25, 0.3) is 5.57 Å². The number of hydrogen-bond donors (Lipinski definition) is 1. The second-order valence-electron chi connectivity index (χ2n) is 12.5. The van der Waals surface area contributed by atoms with Crippen molar-refractivity contribution in [2.24, 2.45) is 0 Å². The summed E-state index contributed by atoms with van der Waals surface area (Å²) in [5.41, 5.74) is 2.87. The Balaban J connectivity index is 1.33. The van der Waals surface area contributed by atoms with Crippen LogP contribution in [0.3, 0.4) is 0 Å². The van der Waals surface area contributed by atoms with E-state index in [4.69, 9.17) is 14.5 Å². The van der Waals surface area contributed by atoms with Crippen molar-refractivity contribution in [2.45, 2.75) is 63.8 Å². The topological polar surface area (TPSA) is 154 Å². The van der Waals surface area contributed by atoms with Crippen LogP contribution < -0.4 is 5.32 Å². The molecule has 0 radical (unpaired) electrons. The van der Waals surface area contributed by atoms with E-state index in [9.17, 15) is 24.5 Å². The van der Waals surface area contributed by atoms with Crippen molar-refractivity contribution in [3.8, 4) is 0 Å². The van der Waals surface area contributed by atoms with Crippen molar-refractivity contribution in [1.29, 1.82) is 0 Å². The van der Waals surface area contributed by atoms with Crippen LogP contribution in [0.15, 0.2) is 90.2 Å². The lowest BCUT2D eigenvalue weighted by Gasteiger charge is -2.50. The Bertz CT molecular complexity index is 1830. The number of hydrogen-bond acceptors (Lipinski definition) is 10. The average molecular weight is 668 g/mol. The number of allylic oxidation sites excluding steroid dienone is 1. The molecule has 12 nitrogen and oxygen atoms in total. The SMILES string of the molecule is CC(C)(C)OC(=O)N[C@@H]1C(=O)N2C(C(=O)OCc3ccc([N+](=O)[O-])cc3)=C(c3csc(C(c4ccccc4)c4cccnc4)n3)CC[C@H]12. The van der Waals surface area contributed by atoms with Gasteiger partial charge in [-0.25, -0.2) is 14.6 Å². The summed E-state index contributed by atoms with van der Waals surface area (Å²) in [4.78, 5) is 61.2. The van der Waals surface area contributed by atoms with Crippen LogP contribution in [0, 0.1) is 10.1 Å². The highest BCUT2D eigenvalue weighted by Gasteiger charge is 2.54. The van der Waals surface area contributed by atoms with Crippen molar-refractivity contribution in [1.82, 2.24) is 20.2 Å². The second kappa shape index (κ2) is 13.4. The van der Waals surface area contributed by atoms with Crippen molar-refractivity contribution < 1.29 is 28.8 Å². The van der Waals surface area contributed by atoms with E-state index in [0.29, 0.717) is 29.7 Å². The number of thiazole rings is 1. The predicted octanol–water partition coefficient (Wildman–Crippen LogP) is 5.98. The molecular weight excluding hydrogens is 634 g/mol. The van der Waals surface area contributed by atoms with Crippen molar-refractivity contribution in [3.05, 3.63) is 128 Å². The number of benzene rings is 2. The van der Waals surface area contributed by atoms with E-state index in [1.165, 1.54) is 40.5 Å². The summed E-state index contributed by atoms with van der Waals surface area (Å²) in [6.07, 6.45) is 3.67. The van der Waals surface area contributed by atoms with Gasteiger partial charge in [0.05, 0.1) is 22.6 Å². The highest BCUT2D eigenvalue weighted by Crippen LogP contribution is 2.43. The fourth-order valence-corrected chi connectivity index (χ4v) is 6.88. The third-order valence-electron chi connectivity index (χ3n) is 8.05. The Morgan fingerprint density at radius 1 is 1.08 bits per heavy atom. The van der Waals surface area contributed by atoms with Gasteiger partial charge in [0.25, 0.3) is 11.6 Å². The van der Waals surface area contributed by atoms with E-state index in [-0.39, 0.29) is 23.9 Å². The van der Waals surface area contributed by atoms with E-state index in [1.54, 1.807) is 33.2 Å². The molecule has 2 aromatic heterocycles. The summed E-state index contributed by atoms with van der Waals surface area (Å²) >= 11 is 1.45. The molecule has 2 aliphatic rings. The van der Waals surface area contributed by atoms with Crippen molar-refractivity contribution in [2.75, 3.05) is 0 Å². The van der Waals surface area contributed by atoms with Gasteiger partial charge >= 0.3 is 12.1 Å². The first-order chi connectivity index (χ1) is 23.0. The minimum atomic E-state index is -0.863. The standard InChI is InChI=1S/C35H33N5O7S/c1-35(2,3)47-34(43)38-29-27-16-15-25(30(39(27)32(29)41)33(42)46-19-21-11-13-24(14-12-21)40(44)45)26-20-48-31(37-26)28(22-8-5-4-6-9-22)23-10-7-17-36-18-23/h4-14,17-18,20,27-29H,15-16,19H2,1-3H3,(H,38,43)/t27-,28?,29+/m1/s1. The molecular formula is C35H33N5O7S. The Morgan fingerprint density at radius 2 is 1.81 bits per heavy atom. The minimum Gasteiger partial charge on any atom is -0.456 e. The van der Waals surface area contributed by atoms with E-state index in [0.717, 1.165) is 16.1 Å². The summed E-state index contributed by atoms with van der Waals surface area (Å²) in [5, 5.41) is 16.4. The molecule has 3 atom stereocenters. The summed E-state index contributed by atoms with van der Waals surface area (Å²) in [6.45, 7) is 5.03. The molecule has 13 heteroatoms. The lowest BCUT2D eigenvalue weighted by molar-refractivity contribution is -0.384. The number of rotatable bonds is 9. The van der Waals surface area contributed by atoms with Gasteiger partial charge in [-0.2, -0.15) is 0 Å². The van der Waals surface area contributed by atoms with E-state index in [2.05, 4.69) is 10.3 Å². The smallest absolute Gasteiger partial charge is 0.408 e. The fourth-order valence-electron chi connectivity index (χ4n) is 5.90. The molecule has 1 unspecified atom stereocenters. The highest BCUT2D eigenvalue weighted by molar-refractivity contribution is 7.09. The molecule has 6 rings (SSSR count). The van der Waals surface area contributed by atoms with Gasteiger partial charge in [-0.1, -0.05) is 36.4 Å². The van der Waals surface area contributed by atoms with Gasteiger partial charge in [0, 0.05) is 35.5 Å². The number of pyridine rings is 1. The zero-order chi connectivity index (χ0) is 34.0. The number of ether oxygens (including phenoxy) is 2.